The van der Waals surface area contributed by atoms with E-state index in [-0.39, 0.29) is 18.8 Å². The first kappa shape index (κ1) is 13.8. The van der Waals surface area contributed by atoms with Crippen molar-refractivity contribution in [2.45, 2.75) is 6.92 Å². The predicted molar refractivity (Wildman–Crippen MR) is 52.8 cm³/mol. The number of carbonyl (C=O) groups excluding carboxylic acids is 2. The number of carbonyl (C=O) groups is 2. The van der Waals surface area contributed by atoms with Crippen molar-refractivity contribution >= 4 is 21.8 Å². The Labute approximate surface area is 87.6 Å². The van der Waals surface area contributed by atoms with Crippen LogP contribution in [0.5, 0.6) is 0 Å². The van der Waals surface area contributed by atoms with Crippen molar-refractivity contribution in [2.24, 2.45) is 5.84 Å². The minimum Gasteiger partial charge on any atom is -0.347 e. The molecule has 0 aromatic rings. The number of rotatable bonds is 5. The van der Waals surface area contributed by atoms with E-state index in [4.69, 9.17) is 0 Å². The van der Waals surface area contributed by atoms with E-state index < -0.39 is 21.8 Å². The molecule has 0 spiro atoms. The SMILES string of the molecule is CCNS(=O)(=O)CCNC(=O)C(=O)NN. The molecule has 0 aliphatic rings. The third-order valence-corrected chi connectivity index (χ3v) is 2.83. The lowest BCUT2D eigenvalue weighted by Crippen LogP contribution is -2.44. The molecule has 8 nitrogen and oxygen atoms in total. The van der Waals surface area contributed by atoms with Crippen molar-refractivity contribution in [3.8, 4) is 0 Å². The Morgan fingerprint density at radius 2 is 1.87 bits per heavy atom. The van der Waals surface area contributed by atoms with Crippen molar-refractivity contribution in [2.75, 3.05) is 18.8 Å². The Morgan fingerprint density at radius 1 is 1.27 bits per heavy atom. The maximum atomic E-state index is 11.1. The molecular weight excluding hydrogens is 224 g/mol. The molecular formula is C6H14N4O4S. The summed E-state index contributed by atoms with van der Waals surface area (Å²) in [5, 5.41) is 2.10. The quantitative estimate of drug-likeness (QED) is 0.176. The monoisotopic (exact) mass is 238 g/mol. The molecule has 2 amide bonds. The first-order valence-corrected chi connectivity index (χ1v) is 5.84. The van der Waals surface area contributed by atoms with E-state index in [9.17, 15) is 18.0 Å². The zero-order valence-electron chi connectivity index (χ0n) is 8.24. The van der Waals surface area contributed by atoms with Gasteiger partial charge in [0.25, 0.3) is 0 Å². The average Bonchev–Trinajstić information content (AvgIpc) is 2.15. The van der Waals surface area contributed by atoms with E-state index >= 15 is 0 Å². The highest BCUT2D eigenvalue weighted by molar-refractivity contribution is 7.89. The van der Waals surface area contributed by atoms with Crippen LogP contribution in [0.1, 0.15) is 6.92 Å². The van der Waals surface area contributed by atoms with Crippen molar-refractivity contribution in [1.82, 2.24) is 15.5 Å². The Hall–Kier alpha value is -1.19. The number of nitrogens with two attached hydrogens (primary N) is 1. The lowest BCUT2D eigenvalue weighted by molar-refractivity contribution is -0.139. The van der Waals surface area contributed by atoms with Gasteiger partial charge in [-0.1, -0.05) is 6.92 Å². The van der Waals surface area contributed by atoms with Gasteiger partial charge in [-0.25, -0.2) is 19.0 Å². The molecule has 0 atom stereocenters. The topological polar surface area (TPSA) is 130 Å². The molecule has 0 radical (unpaired) electrons. The summed E-state index contributed by atoms with van der Waals surface area (Å²) in [7, 11) is -3.39. The molecule has 0 aromatic heterocycles. The second kappa shape index (κ2) is 6.32. The van der Waals surface area contributed by atoms with Gasteiger partial charge in [-0.05, 0) is 0 Å². The van der Waals surface area contributed by atoms with Crippen LogP contribution in [0.15, 0.2) is 0 Å². The second-order valence-electron chi connectivity index (χ2n) is 2.55. The van der Waals surface area contributed by atoms with E-state index in [1.54, 1.807) is 12.3 Å². The van der Waals surface area contributed by atoms with E-state index in [2.05, 4.69) is 15.9 Å². The highest BCUT2D eigenvalue weighted by atomic mass is 32.2. The number of hydrazine groups is 1. The van der Waals surface area contributed by atoms with Crippen LogP contribution in [0.2, 0.25) is 0 Å². The first-order valence-electron chi connectivity index (χ1n) is 4.19. The van der Waals surface area contributed by atoms with E-state index in [1.807, 2.05) is 0 Å². The maximum absolute atomic E-state index is 11.1. The van der Waals surface area contributed by atoms with Gasteiger partial charge in [0.15, 0.2) is 0 Å². The largest absolute Gasteiger partial charge is 0.347 e. The summed E-state index contributed by atoms with van der Waals surface area (Å²) in [6.07, 6.45) is 0. The highest BCUT2D eigenvalue weighted by Crippen LogP contribution is 1.81. The van der Waals surface area contributed by atoms with E-state index in [0.717, 1.165) is 0 Å². The van der Waals surface area contributed by atoms with Crippen LogP contribution in [0.25, 0.3) is 0 Å². The summed E-state index contributed by atoms with van der Waals surface area (Å²) in [5.41, 5.74) is 1.62. The van der Waals surface area contributed by atoms with Gasteiger partial charge in [0, 0.05) is 13.1 Å². The summed E-state index contributed by atoms with van der Waals surface area (Å²) in [6, 6.07) is 0. The number of amides is 2. The van der Waals surface area contributed by atoms with Gasteiger partial charge in [-0.15, -0.1) is 0 Å². The van der Waals surface area contributed by atoms with E-state index in [1.165, 1.54) is 0 Å². The molecule has 9 heteroatoms. The van der Waals surface area contributed by atoms with Crippen LogP contribution in [0, 0.1) is 0 Å². The molecule has 0 rings (SSSR count). The zero-order valence-corrected chi connectivity index (χ0v) is 9.06. The lowest BCUT2D eigenvalue weighted by atomic mass is 10.5. The highest BCUT2D eigenvalue weighted by Gasteiger charge is 2.13. The van der Waals surface area contributed by atoms with Gasteiger partial charge in [-0.2, -0.15) is 0 Å². The molecule has 0 heterocycles. The lowest BCUT2D eigenvalue weighted by Gasteiger charge is -2.05. The van der Waals surface area contributed by atoms with Crippen molar-refractivity contribution in [3.63, 3.8) is 0 Å². The number of hydrogen-bond donors (Lipinski definition) is 4. The summed E-state index contributed by atoms with van der Waals surface area (Å²) in [4.78, 5) is 21.4. The van der Waals surface area contributed by atoms with Crippen molar-refractivity contribution < 1.29 is 18.0 Å². The Kier molecular flexibility index (Phi) is 5.82. The molecule has 0 aliphatic heterocycles. The van der Waals surface area contributed by atoms with Crippen LogP contribution in [-0.4, -0.2) is 39.1 Å². The number of sulfonamides is 1. The van der Waals surface area contributed by atoms with Gasteiger partial charge in [0.05, 0.1) is 5.75 Å². The Bertz CT molecular complexity index is 326. The molecule has 5 N–H and O–H groups in total. The molecule has 0 saturated heterocycles. The van der Waals surface area contributed by atoms with Gasteiger partial charge in [0.1, 0.15) is 0 Å². The molecule has 0 aromatic carbocycles. The fourth-order valence-electron chi connectivity index (χ4n) is 0.737. The van der Waals surface area contributed by atoms with Crippen LogP contribution in [0.3, 0.4) is 0 Å². The summed E-state index contributed by atoms with van der Waals surface area (Å²) in [6.45, 7) is 1.76. The molecule has 15 heavy (non-hydrogen) atoms. The summed E-state index contributed by atoms with van der Waals surface area (Å²) >= 11 is 0. The third-order valence-electron chi connectivity index (χ3n) is 1.36. The Morgan fingerprint density at radius 3 is 2.33 bits per heavy atom. The summed E-state index contributed by atoms with van der Waals surface area (Å²) < 4.78 is 24.4. The van der Waals surface area contributed by atoms with Crippen LogP contribution in [0.4, 0.5) is 0 Å². The maximum Gasteiger partial charge on any atom is 0.323 e. The Balaban J connectivity index is 3.90. The van der Waals surface area contributed by atoms with Gasteiger partial charge >= 0.3 is 11.8 Å². The first-order chi connectivity index (χ1) is 6.93. The standard InChI is InChI=1S/C6H14N4O4S/c1-2-9-15(13,14)4-3-8-5(11)6(12)10-7/h9H,2-4,7H2,1H3,(H,8,11)(H,10,12). The van der Waals surface area contributed by atoms with Crippen LogP contribution < -0.4 is 21.3 Å². The van der Waals surface area contributed by atoms with Crippen molar-refractivity contribution in [1.29, 1.82) is 0 Å². The molecule has 0 fully saturated rings. The molecule has 0 unspecified atom stereocenters. The zero-order chi connectivity index (χ0) is 11.9. The van der Waals surface area contributed by atoms with Crippen LogP contribution >= 0.6 is 0 Å². The smallest absolute Gasteiger partial charge is 0.323 e. The normalized spacial score (nSPS) is 10.8. The molecule has 0 bridgehead atoms. The number of hydrogen-bond acceptors (Lipinski definition) is 5. The minimum absolute atomic E-state index is 0.151. The fourth-order valence-corrected chi connectivity index (χ4v) is 1.69. The van der Waals surface area contributed by atoms with Gasteiger partial charge < -0.3 is 5.32 Å². The van der Waals surface area contributed by atoms with E-state index in [0.29, 0.717) is 0 Å². The third kappa shape index (κ3) is 5.99. The van der Waals surface area contributed by atoms with Gasteiger partial charge in [0.2, 0.25) is 10.0 Å². The molecule has 0 saturated carbocycles. The number of nitrogens with one attached hydrogen (secondary N) is 3. The molecule has 88 valence electrons. The molecule has 0 aliphatic carbocycles. The minimum atomic E-state index is -3.39. The second-order valence-corrected chi connectivity index (χ2v) is 4.47. The van der Waals surface area contributed by atoms with Crippen LogP contribution in [-0.2, 0) is 19.6 Å². The predicted octanol–water partition coefficient (Wildman–Crippen LogP) is -2.97. The fraction of sp³-hybridized carbons (Fsp3) is 0.667. The van der Waals surface area contributed by atoms with Crippen molar-refractivity contribution in [3.05, 3.63) is 0 Å². The average molecular weight is 238 g/mol. The van der Waals surface area contributed by atoms with Gasteiger partial charge in [-0.3, -0.25) is 15.0 Å². The summed E-state index contributed by atoms with van der Waals surface area (Å²) in [5.74, 6) is 2.41.